The van der Waals surface area contributed by atoms with E-state index in [-0.39, 0.29) is 5.91 Å². The van der Waals surface area contributed by atoms with E-state index in [0.717, 1.165) is 5.56 Å². The number of thioether (sulfide) groups is 1. The minimum absolute atomic E-state index is 0.182. The number of nitrogens with zero attached hydrogens (tertiary/aromatic N) is 1. The second kappa shape index (κ2) is 8.67. The van der Waals surface area contributed by atoms with E-state index in [1.165, 1.54) is 12.1 Å². The number of furan rings is 1. The molecule has 0 bridgehead atoms. The Morgan fingerprint density at radius 2 is 1.69 bits per heavy atom. The van der Waals surface area contributed by atoms with Crippen LogP contribution in [-0.4, -0.2) is 16.6 Å². The third kappa shape index (κ3) is 4.95. The van der Waals surface area contributed by atoms with Gasteiger partial charge in [0.2, 0.25) is 0 Å². The minimum atomic E-state index is -2.48. The Bertz CT molecular complexity index is 821. The zero-order valence-electron chi connectivity index (χ0n) is 13.8. The number of rotatable bonds is 7. The van der Waals surface area contributed by atoms with Crippen molar-refractivity contribution in [2.24, 2.45) is 0 Å². The van der Waals surface area contributed by atoms with Crippen molar-refractivity contribution in [3.63, 3.8) is 0 Å². The molecule has 0 atom stereocenters. The van der Waals surface area contributed by atoms with Gasteiger partial charge < -0.3 is 9.32 Å². The molecule has 0 saturated carbocycles. The van der Waals surface area contributed by atoms with Crippen LogP contribution in [0.1, 0.15) is 21.7 Å². The predicted molar refractivity (Wildman–Crippen MR) is 97.0 cm³/mol. The molecule has 3 aromatic rings. The molecule has 0 saturated heterocycles. The lowest BCUT2D eigenvalue weighted by molar-refractivity contribution is 0.0717. The molecule has 1 amide bonds. The number of hydrogen-bond donors (Lipinski definition) is 0. The first kappa shape index (κ1) is 18.2. The Hall–Kier alpha value is -2.60. The second-order valence-electron chi connectivity index (χ2n) is 5.63. The fourth-order valence-corrected chi connectivity index (χ4v) is 3.05. The quantitative estimate of drug-likeness (QED) is 0.517. The van der Waals surface area contributed by atoms with E-state index in [4.69, 9.17) is 4.42 Å². The van der Waals surface area contributed by atoms with E-state index in [1.807, 2.05) is 36.4 Å². The van der Waals surface area contributed by atoms with Crippen LogP contribution in [0.4, 0.5) is 8.78 Å². The number of alkyl halides is 2. The van der Waals surface area contributed by atoms with Crippen molar-refractivity contribution >= 4 is 17.7 Å². The molecule has 0 aliphatic carbocycles. The summed E-state index contributed by atoms with van der Waals surface area (Å²) >= 11 is 0.460. The minimum Gasteiger partial charge on any atom is -0.467 e. The van der Waals surface area contributed by atoms with Crippen molar-refractivity contribution in [2.75, 3.05) is 0 Å². The highest BCUT2D eigenvalue weighted by atomic mass is 32.2. The summed E-state index contributed by atoms with van der Waals surface area (Å²) in [6, 6.07) is 19.5. The summed E-state index contributed by atoms with van der Waals surface area (Å²) < 4.78 is 30.2. The number of benzene rings is 2. The van der Waals surface area contributed by atoms with Gasteiger partial charge in [-0.05, 0) is 42.0 Å². The van der Waals surface area contributed by atoms with Gasteiger partial charge in [0.05, 0.1) is 12.8 Å². The van der Waals surface area contributed by atoms with Crippen LogP contribution in [-0.2, 0) is 13.1 Å². The van der Waals surface area contributed by atoms with Crippen molar-refractivity contribution in [2.45, 2.75) is 23.7 Å². The maximum Gasteiger partial charge on any atom is 0.288 e. The summed E-state index contributed by atoms with van der Waals surface area (Å²) in [5.41, 5.74) is 1.45. The third-order valence-electron chi connectivity index (χ3n) is 3.76. The van der Waals surface area contributed by atoms with Crippen LogP contribution in [0.5, 0.6) is 0 Å². The van der Waals surface area contributed by atoms with Gasteiger partial charge in [0.25, 0.3) is 11.7 Å². The van der Waals surface area contributed by atoms with Crippen LogP contribution < -0.4 is 0 Å². The Balaban J connectivity index is 1.79. The number of carbonyl (C=O) groups excluding carboxylic acids is 1. The topological polar surface area (TPSA) is 33.5 Å². The van der Waals surface area contributed by atoms with Gasteiger partial charge in [0, 0.05) is 17.0 Å². The summed E-state index contributed by atoms with van der Waals surface area (Å²) in [6.07, 6.45) is 1.57. The molecule has 0 radical (unpaired) electrons. The molecule has 134 valence electrons. The lowest BCUT2D eigenvalue weighted by Gasteiger charge is -2.22. The zero-order valence-corrected chi connectivity index (χ0v) is 14.7. The predicted octanol–water partition coefficient (Wildman–Crippen LogP) is 5.44. The monoisotopic (exact) mass is 373 g/mol. The Morgan fingerprint density at radius 1 is 0.962 bits per heavy atom. The van der Waals surface area contributed by atoms with E-state index >= 15 is 0 Å². The van der Waals surface area contributed by atoms with Gasteiger partial charge in [-0.3, -0.25) is 4.79 Å². The highest BCUT2D eigenvalue weighted by Gasteiger charge is 2.18. The average Bonchev–Trinajstić information content (AvgIpc) is 3.15. The second-order valence-corrected chi connectivity index (χ2v) is 6.69. The van der Waals surface area contributed by atoms with Gasteiger partial charge >= 0.3 is 0 Å². The van der Waals surface area contributed by atoms with Gasteiger partial charge in [-0.1, -0.05) is 42.1 Å². The standard InChI is InChI=1S/C20H17F2NO2S/c21-20(22)26-18-10-8-16(9-11-18)19(24)23(14-17-7-4-12-25-17)13-15-5-2-1-3-6-15/h1-12,20H,13-14H2. The number of amides is 1. The van der Waals surface area contributed by atoms with Crippen molar-refractivity contribution in [1.29, 1.82) is 0 Å². The largest absolute Gasteiger partial charge is 0.467 e. The van der Waals surface area contributed by atoms with E-state index in [0.29, 0.717) is 41.1 Å². The molecular weight excluding hydrogens is 356 g/mol. The molecule has 0 unspecified atom stereocenters. The molecule has 26 heavy (non-hydrogen) atoms. The van der Waals surface area contributed by atoms with Crippen LogP contribution in [0, 0.1) is 0 Å². The molecule has 3 rings (SSSR count). The summed E-state index contributed by atoms with van der Waals surface area (Å²) in [5, 5.41) is 0. The first-order valence-electron chi connectivity index (χ1n) is 8.02. The first-order chi connectivity index (χ1) is 12.6. The van der Waals surface area contributed by atoms with E-state index in [2.05, 4.69) is 0 Å². The molecule has 0 N–H and O–H groups in total. The summed E-state index contributed by atoms with van der Waals surface area (Å²) in [5.74, 6) is -1.98. The Kier molecular flexibility index (Phi) is 6.07. The number of carbonyl (C=O) groups is 1. The van der Waals surface area contributed by atoms with Gasteiger partial charge in [-0.25, -0.2) is 0 Å². The van der Waals surface area contributed by atoms with Crippen LogP contribution >= 0.6 is 11.8 Å². The van der Waals surface area contributed by atoms with Gasteiger partial charge in [-0.15, -0.1) is 0 Å². The highest BCUT2D eigenvalue weighted by molar-refractivity contribution is 7.99. The molecule has 0 spiro atoms. The Morgan fingerprint density at radius 3 is 2.31 bits per heavy atom. The number of hydrogen-bond acceptors (Lipinski definition) is 3. The maximum absolute atomic E-state index is 12.9. The SMILES string of the molecule is O=C(c1ccc(SC(F)F)cc1)N(Cc1ccccc1)Cc1ccco1. The lowest BCUT2D eigenvalue weighted by atomic mass is 10.1. The van der Waals surface area contributed by atoms with E-state index < -0.39 is 5.76 Å². The van der Waals surface area contributed by atoms with Crippen LogP contribution in [0.25, 0.3) is 0 Å². The fourth-order valence-electron chi connectivity index (χ4n) is 2.56. The van der Waals surface area contributed by atoms with Crippen LogP contribution in [0.15, 0.2) is 82.3 Å². The lowest BCUT2D eigenvalue weighted by Crippen LogP contribution is -2.30. The van der Waals surface area contributed by atoms with E-state index in [9.17, 15) is 13.6 Å². The van der Waals surface area contributed by atoms with Crippen molar-refractivity contribution in [3.8, 4) is 0 Å². The molecule has 0 aliphatic rings. The summed E-state index contributed by atoms with van der Waals surface area (Å²) in [4.78, 5) is 15.0. The normalized spacial score (nSPS) is 10.9. The fraction of sp³-hybridized carbons (Fsp3) is 0.150. The molecule has 0 fully saturated rings. The smallest absolute Gasteiger partial charge is 0.288 e. The highest BCUT2D eigenvalue weighted by Crippen LogP contribution is 2.25. The summed E-state index contributed by atoms with van der Waals surface area (Å²) in [6.45, 7) is 0.752. The molecule has 0 aliphatic heterocycles. The van der Waals surface area contributed by atoms with Gasteiger partial charge in [-0.2, -0.15) is 8.78 Å². The Labute approximate surface area is 154 Å². The van der Waals surface area contributed by atoms with Gasteiger partial charge in [0.15, 0.2) is 0 Å². The molecule has 2 aromatic carbocycles. The average molecular weight is 373 g/mol. The van der Waals surface area contributed by atoms with Crippen molar-refractivity contribution < 1.29 is 18.0 Å². The van der Waals surface area contributed by atoms with Crippen molar-refractivity contribution in [1.82, 2.24) is 4.90 Å². The zero-order chi connectivity index (χ0) is 18.4. The molecular formula is C20H17F2NO2S. The van der Waals surface area contributed by atoms with Crippen molar-refractivity contribution in [3.05, 3.63) is 89.9 Å². The number of halogens is 2. The van der Waals surface area contributed by atoms with Crippen LogP contribution in [0.3, 0.4) is 0 Å². The third-order valence-corrected chi connectivity index (χ3v) is 4.48. The molecule has 6 heteroatoms. The molecule has 3 nitrogen and oxygen atoms in total. The maximum atomic E-state index is 12.9. The van der Waals surface area contributed by atoms with E-state index in [1.54, 1.807) is 29.4 Å². The molecule has 1 heterocycles. The first-order valence-corrected chi connectivity index (χ1v) is 8.90. The van der Waals surface area contributed by atoms with Gasteiger partial charge in [0.1, 0.15) is 5.76 Å². The van der Waals surface area contributed by atoms with Crippen LogP contribution in [0.2, 0.25) is 0 Å². The molecule has 1 aromatic heterocycles. The summed E-state index contributed by atoms with van der Waals surface area (Å²) in [7, 11) is 0.